The molecule has 1 aliphatic carbocycles. The first kappa shape index (κ1) is 15.2. The van der Waals surface area contributed by atoms with Crippen molar-refractivity contribution < 1.29 is 4.39 Å². The van der Waals surface area contributed by atoms with Crippen LogP contribution in [-0.2, 0) is 19.3 Å². The molecule has 1 aliphatic rings. The highest BCUT2D eigenvalue weighted by molar-refractivity contribution is 9.10. The van der Waals surface area contributed by atoms with Crippen LogP contribution in [0.15, 0.2) is 28.7 Å². The molecule has 0 bridgehead atoms. The first-order chi connectivity index (χ1) is 10.2. The number of nitrogens with one attached hydrogen (secondary N) is 1. The third kappa shape index (κ3) is 3.38. The van der Waals surface area contributed by atoms with Gasteiger partial charge in [0.25, 0.3) is 0 Å². The smallest absolute Gasteiger partial charge is 0.123 e. The van der Waals surface area contributed by atoms with Crippen LogP contribution in [0.5, 0.6) is 0 Å². The number of hydrogen-bond donors (Lipinski definition) is 1. The second-order valence-corrected chi connectivity index (χ2v) is 7.52. The fourth-order valence-electron chi connectivity index (χ4n) is 2.96. The van der Waals surface area contributed by atoms with Crippen LogP contribution in [-0.4, -0.2) is 6.54 Å². The van der Waals surface area contributed by atoms with E-state index in [4.69, 9.17) is 0 Å². The normalized spacial score (nSPS) is 15.2. The first-order valence-corrected chi connectivity index (χ1v) is 9.07. The number of rotatable bonds is 5. The van der Waals surface area contributed by atoms with Crippen molar-refractivity contribution in [2.45, 2.75) is 38.6 Å². The van der Waals surface area contributed by atoms with Gasteiger partial charge in [-0.25, -0.2) is 4.39 Å². The van der Waals surface area contributed by atoms with Gasteiger partial charge in [0, 0.05) is 20.3 Å². The summed E-state index contributed by atoms with van der Waals surface area (Å²) in [5, 5.41) is 3.55. The molecule has 1 heterocycles. The van der Waals surface area contributed by atoms with Crippen molar-refractivity contribution in [3.63, 3.8) is 0 Å². The van der Waals surface area contributed by atoms with E-state index in [1.165, 1.54) is 35.8 Å². The molecule has 0 saturated carbocycles. The highest BCUT2D eigenvalue weighted by Crippen LogP contribution is 2.35. The zero-order chi connectivity index (χ0) is 14.8. The van der Waals surface area contributed by atoms with E-state index >= 15 is 0 Å². The topological polar surface area (TPSA) is 12.0 Å². The number of halogens is 2. The number of hydrogen-bond acceptors (Lipinski definition) is 2. The van der Waals surface area contributed by atoms with Gasteiger partial charge in [-0.3, -0.25) is 0 Å². The van der Waals surface area contributed by atoms with E-state index in [0.717, 1.165) is 23.0 Å². The standard InChI is InChI=1S/C17H19BrFNS/c1-2-20-15(9-12-8-13(19)6-7-14(12)18)17-10-11-4-3-5-16(11)21-17/h6-8,10,15,20H,2-5,9H2,1H3. The monoisotopic (exact) mass is 367 g/mol. The largest absolute Gasteiger partial charge is 0.309 e. The van der Waals surface area contributed by atoms with Gasteiger partial charge in [0.05, 0.1) is 0 Å². The maximum Gasteiger partial charge on any atom is 0.123 e. The predicted octanol–water partition coefficient (Wildman–Crippen LogP) is 5.03. The molecule has 0 amide bonds. The third-order valence-corrected chi connectivity index (χ3v) is 6.12. The number of thiophene rings is 1. The Morgan fingerprint density at radius 1 is 1.33 bits per heavy atom. The minimum atomic E-state index is -0.169. The zero-order valence-corrected chi connectivity index (χ0v) is 14.5. The van der Waals surface area contributed by atoms with Gasteiger partial charge >= 0.3 is 0 Å². The van der Waals surface area contributed by atoms with E-state index in [-0.39, 0.29) is 11.9 Å². The number of fused-ring (bicyclic) bond motifs is 1. The van der Waals surface area contributed by atoms with Crippen LogP contribution < -0.4 is 5.32 Å². The Bertz CT molecular complexity index is 616. The van der Waals surface area contributed by atoms with Crippen molar-refractivity contribution in [3.05, 3.63) is 55.4 Å². The molecule has 0 aliphatic heterocycles. The molecule has 1 N–H and O–H groups in total. The van der Waals surface area contributed by atoms with Gasteiger partial charge < -0.3 is 5.32 Å². The zero-order valence-electron chi connectivity index (χ0n) is 12.1. The van der Waals surface area contributed by atoms with E-state index in [2.05, 4.69) is 34.2 Å². The second kappa shape index (κ2) is 6.59. The summed E-state index contributed by atoms with van der Waals surface area (Å²) in [5.41, 5.74) is 2.55. The molecular formula is C17H19BrFNS. The Morgan fingerprint density at radius 3 is 2.95 bits per heavy atom. The van der Waals surface area contributed by atoms with Gasteiger partial charge in [-0.05, 0) is 67.6 Å². The Balaban J connectivity index is 1.85. The van der Waals surface area contributed by atoms with Crippen molar-refractivity contribution in [1.82, 2.24) is 5.32 Å². The number of benzene rings is 1. The number of aryl methyl sites for hydroxylation is 2. The molecule has 21 heavy (non-hydrogen) atoms. The fourth-order valence-corrected chi connectivity index (χ4v) is 4.70. The Kier molecular flexibility index (Phi) is 4.77. The van der Waals surface area contributed by atoms with Crippen molar-refractivity contribution in [2.24, 2.45) is 0 Å². The van der Waals surface area contributed by atoms with Crippen LogP contribution in [0, 0.1) is 5.82 Å². The van der Waals surface area contributed by atoms with Crippen molar-refractivity contribution >= 4 is 27.3 Å². The lowest BCUT2D eigenvalue weighted by Crippen LogP contribution is -2.22. The molecular weight excluding hydrogens is 349 g/mol. The van der Waals surface area contributed by atoms with E-state index in [0.29, 0.717) is 0 Å². The summed E-state index contributed by atoms with van der Waals surface area (Å²) < 4.78 is 14.5. The van der Waals surface area contributed by atoms with Gasteiger partial charge in [-0.2, -0.15) is 0 Å². The van der Waals surface area contributed by atoms with Gasteiger partial charge in [0.2, 0.25) is 0 Å². The molecule has 1 aromatic carbocycles. The third-order valence-electron chi connectivity index (χ3n) is 3.99. The summed E-state index contributed by atoms with van der Waals surface area (Å²) in [7, 11) is 0. The van der Waals surface area contributed by atoms with Crippen molar-refractivity contribution in [3.8, 4) is 0 Å². The molecule has 0 spiro atoms. The molecule has 4 heteroatoms. The summed E-state index contributed by atoms with van der Waals surface area (Å²) in [6.45, 7) is 3.04. The summed E-state index contributed by atoms with van der Waals surface area (Å²) in [4.78, 5) is 2.93. The van der Waals surface area contributed by atoms with Gasteiger partial charge in [0.1, 0.15) is 5.82 Å². The van der Waals surface area contributed by atoms with Crippen LogP contribution >= 0.6 is 27.3 Å². The molecule has 0 saturated heterocycles. The number of likely N-dealkylation sites (N-methyl/N-ethyl adjacent to an activating group) is 1. The lowest BCUT2D eigenvalue weighted by Gasteiger charge is -2.17. The molecule has 0 fully saturated rings. The van der Waals surface area contributed by atoms with E-state index in [9.17, 15) is 4.39 Å². The fraction of sp³-hybridized carbons (Fsp3) is 0.412. The first-order valence-electron chi connectivity index (χ1n) is 7.46. The van der Waals surface area contributed by atoms with Crippen LogP contribution in [0.2, 0.25) is 0 Å². The Labute approximate surface area is 137 Å². The molecule has 1 nitrogen and oxygen atoms in total. The molecule has 112 valence electrons. The average Bonchev–Trinajstić information content (AvgIpc) is 3.03. The highest BCUT2D eigenvalue weighted by Gasteiger charge is 2.20. The quantitative estimate of drug-likeness (QED) is 0.780. The molecule has 3 rings (SSSR count). The Hall–Kier alpha value is -0.710. The molecule has 2 aromatic rings. The van der Waals surface area contributed by atoms with E-state index in [1.54, 1.807) is 17.0 Å². The Morgan fingerprint density at radius 2 is 2.19 bits per heavy atom. The van der Waals surface area contributed by atoms with Crippen LogP contribution in [0.25, 0.3) is 0 Å². The average molecular weight is 368 g/mol. The van der Waals surface area contributed by atoms with Gasteiger partial charge in [-0.15, -0.1) is 11.3 Å². The van der Waals surface area contributed by atoms with Gasteiger partial charge in [-0.1, -0.05) is 22.9 Å². The van der Waals surface area contributed by atoms with Gasteiger partial charge in [0.15, 0.2) is 0 Å². The van der Waals surface area contributed by atoms with E-state index in [1.807, 2.05) is 11.3 Å². The summed E-state index contributed by atoms with van der Waals surface area (Å²) >= 11 is 5.46. The summed E-state index contributed by atoms with van der Waals surface area (Å²) in [6.07, 6.45) is 4.55. The second-order valence-electron chi connectivity index (χ2n) is 5.50. The minimum absolute atomic E-state index is 0.169. The summed E-state index contributed by atoms with van der Waals surface area (Å²) in [5.74, 6) is -0.169. The highest BCUT2D eigenvalue weighted by atomic mass is 79.9. The molecule has 0 radical (unpaired) electrons. The van der Waals surface area contributed by atoms with Crippen LogP contribution in [0.1, 0.15) is 40.3 Å². The summed E-state index contributed by atoms with van der Waals surface area (Å²) in [6, 6.07) is 7.55. The van der Waals surface area contributed by atoms with Crippen molar-refractivity contribution in [1.29, 1.82) is 0 Å². The lowest BCUT2D eigenvalue weighted by atomic mass is 10.0. The van der Waals surface area contributed by atoms with Crippen LogP contribution in [0.3, 0.4) is 0 Å². The molecule has 1 unspecified atom stereocenters. The molecule has 1 atom stereocenters. The minimum Gasteiger partial charge on any atom is -0.309 e. The van der Waals surface area contributed by atoms with Crippen molar-refractivity contribution in [2.75, 3.05) is 6.54 Å². The van der Waals surface area contributed by atoms with E-state index < -0.39 is 0 Å². The molecule has 1 aromatic heterocycles. The van der Waals surface area contributed by atoms with Crippen LogP contribution in [0.4, 0.5) is 4.39 Å². The maximum absolute atomic E-state index is 13.5. The predicted molar refractivity (Wildman–Crippen MR) is 90.6 cm³/mol. The SMILES string of the molecule is CCNC(Cc1cc(F)ccc1Br)c1cc2c(s1)CCC2. The maximum atomic E-state index is 13.5. The lowest BCUT2D eigenvalue weighted by molar-refractivity contribution is 0.553.